The molecule has 2 N–H and O–H groups in total. The Hall–Kier alpha value is -1.87. The number of nitrogens with one attached hydrogen (secondary N) is 1. The van der Waals surface area contributed by atoms with Gasteiger partial charge in [-0.05, 0) is 27.7 Å². The normalized spacial score (nSPS) is 26.1. The highest BCUT2D eigenvalue weighted by Crippen LogP contribution is 2.31. The van der Waals surface area contributed by atoms with Crippen LogP contribution in [0.15, 0.2) is 0 Å². The van der Waals surface area contributed by atoms with Crippen LogP contribution in [0.5, 0.6) is 0 Å². The lowest BCUT2D eigenvalue weighted by molar-refractivity contribution is -0.130. The van der Waals surface area contributed by atoms with Gasteiger partial charge in [0.1, 0.15) is 18.2 Å². The van der Waals surface area contributed by atoms with Crippen LogP contribution in [-0.4, -0.2) is 90.0 Å². The molecule has 0 aromatic rings. The Bertz CT molecular complexity index is 547. The summed E-state index contributed by atoms with van der Waals surface area (Å²) in [6.45, 7) is 8.17. The van der Waals surface area contributed by atoms with Crippen LogP contribution in [0, 0.1) is 5.92 Å². The molecule has 2 aliphatic rings. The number of likely N-dealkylation sites (tertiary alicyclic amines) is 1. The zero-order chi connectivity index (χ0) is 19.5. The van der Waals surface area contributed by atoms with Gasteiger partial charge in [-0.3, -0.25) is 9.69 Å². The van der Waals surface area contributed by atoms with Crippen molar-refractivity contribution in [2.75, 3.05) is 39.4 Å². The van der Waals surface area contributed by atoms with Crippen LogP contribution in [0.4, 0.5) is 9.59 Å². The molecule has 2 aliphatic heterocycles. The largest absolute Gasteiger partial charge is 0.444 e. The van der Waals surface area contributed by atoms with E-state index in [9.17, 15) is 19.5 Å². The molecule has 0 bridgehead atoms. The van der Waals surface area contributed by atoms with Crippen LogP contribution in [-0.2, 0) is 14.3 Å². The molecule has 0 spiro atoms. The third kappa shape index (κ3) is 4.64. The van der Waals surface area contributed by atoms with Gasteiger partial charge in [0.15, 0.2) is 5.78 Å². The van der Waals surface area contributed by atoms with E-state index in [4.69, 9.17) is 9.47 Å². The summed E-state index contributed by atoms with van der Waals surface area (Å²) >= 11 is 0. The molecule has 0 radical (unpaired) electrons. The van der Waals surface area contributed by atoms with Gasteiger partial charge in [0, 0.05) is 32.1 Å². The Morgan fingerprint density at radius 2 is 1.96 bits per heavy atom. The fraction of sp³-hybridized carbons (Fsp3) is 0.824. The third-order valence-corrected chi connectivity index (χ3v) is 4.40. The highest BCUT2D eigenvalue weighted by molar-refractivity contribution is 5.89. The van der Waals surface area contributed by atoms with Gasteiger partial charge in [0.25, 0.3) is 0 Å². The second kappa shape index (κ2) is 8.22. The highest BCUT2D eigenvalue weighted by Gasteiger charge is 2.50. The van der Waals surface area contributed by atoms with E-state index in [1.807, 2.05) is 6.92 Å². The number of aliphatic hydroxyl groups excluding tert-OH is 1. The zero-order valence-corrected chi connectivity index (χ0v) is 15.9. The number of rotatable bonds is 3. The molecule has 0 unspecified atom stereocenters. The minimum Gasteiger partial charge on any atom is -0.444 e. The van der Waals surface area contributed by atoms with Gasteiger partial charge in [-0.15, -0.1) is 0 Å². The monoisotopic (exact) mass is 371 g/mol. The molecule has 2 fully saturated rings. The number of ketones is 1. The number of aliphatic hydroxyl groups is 1. The van der Waals surface area contributed by atoms with E-state index in [2.05, 4.69) is 5.32 Å². The Morgan fingerprint density at radius 1 is 1.27 bits per heavy atom. The first-order valence-electron chi connectivity index (χ1n) is 8.95. The fourth-order valence-electron chi connectivity index (χ4n) is 3.37. The summed E-state index contributed by atoms with van der Waals surface area (Å²) < 4.78 is 11.2. The topological polar surface area (TPSA) is 108 Å². The first kappa shape index (κ1) is 20.4. The maximum Gasteiger partial charge on any atom is 0.411 e. The minimum absolute atomic E-state index is 0.197. The number of amides is 3. The third-order valence-electron chi connectivity index (χ3n) is 4.40. The first-order chi connectivity index (χ1) is 12.2. The van der Waals surface area contributed by atoms with Crippen molar-refractivity contribution in [1.29, 1.82) is 0 Å². The molecule has 26 heavy (non-hydrogen) atoms. The van der Waals surface area contributed by atoms with E-state index in [-0.39, 0.29) is 25.1 Å². The van der Waals surface area contributed by atoms with Crippen LogP contribution in [0.2, 0.25) is 0 Å². The number of urea groups is 1. The van der Waals surface area contributed by atoms with Gasteiger partial charge in [0.2, 0.25) is 0 Å². The number of hydrogen-bond donors (Lipinski definition) is 2. The number of carbonyl (C=O) groups excluding carboxylic acids is 3. The number of fused-ring (bicyclic) bond motifs is 1. The van der Waals surface area contributed by atoms with Crippen LogP contribution in [0.3, 0.4) is 0 Å². The van der Waals surface area contributed by atoms with Crippen LogP contribution in [0.25, 0.3) is 0 Å². The van der Waals surface area contributed by atoms with Crippen molar-refractivity contribution in [2.24, 2.45) is 5.92 Å². The van der Waals surface area contributed by atoms with E-state index in [0.29, 0.717) is 19.6 Å². The van der Waals surface area contributed by atoms with E-state index < -0.39 is 36.2 Å². The second-order valence-corrected chi connectivity index (χ2v) is 7.58. The Labute approximate surface area is 153 Å². The number of hydrogen-bond acceptors (Lipinski definition) is 6. The molecule has 3 atom stereocenters. The molecule has 0 saturated carbocycles. The van der Waals surface area contributed by atoms with Crippen molar-refractivity contribution in [2.45, 2.75) is 45.4 Å². The predicted molar refractivity (Wildman–Crippen MR) is 92.7 cm³/mol. The van der Waals surface area contributed by atoms with Crippen molar-refractivity contribution in [1.82, 2.24) is 15.1 Å². The van der Waals surface area contributed by atoms with Crippen molar-refractivity contribution in [3.05, 3.63) is 0 Å². The molecular formula is C17H29N3O6. The number of Topliss-reactive ketones (excluding diaryl/α,β-unsaturated/α-hetero) is 1. The van der Waals surface area contributed by atoms with Gasteiger partial charge in [-0.1, -0.05) is 0 Å². The lowest BCUT2D eigenvalue weighted by atomic mass is 9.99. The number of carbonyl (C=O) groups is 3. The Morgan fingerprint density at radius 3 is 2.54 bits per heavy atom. The molecule has 2 heterocycles. The summed E-state index contributed by atoms with van der Waals surface area (Å²) in [5, 5.41) is 12.1. The summed E-state index contributed by atoms with van der Waals surface area (Å²) in [5.41, 5.74) is -0.706. The first-order valence-corrected chi connectivity index (χ1v) is 8.95. The average Bonchev–Trinajstić information content (AvgIpc) is 2.77. The van der Waals surface area contributed by atoms with Crippen molar-refractivity contribution in [3.63, 3.8) is 0 Å². The van der Waals surface area contributed by atoms with Gasteiger partial charge >= 0.3 is 12.1 Å². The van der Waals surface area contributed by atoms with Crippen molar-refractivity contribution >= 4 is 17.9 Å². The summed E-state index contributed by atoms with van der Waals surface area (Å²) in [6, 6.07) is -1.11. The average molecular weight is 371 g/mol. The maximum atomic E-state index is 12.6. The lowest BCUT2D eigenvalue weighted by Crippen LogP contribution is -2.48. The summed E-state index contributed by atoms with van der Waals surface area (Å²) in [4.78, 5) is 40.0. The van der Waals surface area contributed by atoms with E-state index in [0.717, 1.165) is 0 Å². The molecule has 148 valence electrons. The Kier molecular flexibility index (Phi) is 6.46. The minimum atomic E-state index is -0.908. The molecule has 0 aliphatic carbocycles. The molecule has 0 aromatic heterocycles. The second-order valence-electron chi connectivity index (χ2n) is 7.58. The van der Waals surface area contributed by atoms with E-state index >= 15 is 0 Å². The van der Waals surface area contributed by atoms with Gasteiger partial charge in [0.05, 0.1) is 12.7 Å². The standard InChI is InChI=1S/C17H29N3O6/c1-5-18-15(23)19-6-7-25-14-11(8-19)9-20(13(14)12(22)10-21)16(24)26-17(2,3)4/h11,13-14,21H,5-10H2,1-4H3,(H,18,23)/t11-,13+,14+/m0/s1. The molecule has 9 nitrogen and oxygen atoms in total. The van der Waals surface area contributed by atoms with E-state index in [1.54, 1.807) is 25.7 Å². The lowest BCUT2D eigenvalue weighted by Gasteiger charge is -2.29. The van der Waals surface area contributed by atoms with Crippen LogP contribution < -0.4 is 5.32 Å². The molecule has 3 amide bonds. The highest BCUT2D eigenvalue weighted by atomic mass is 16.6. The van der Waals surface area contributed by atoms with Crippen molar-refractivity contribution < 1.29 is 29.0 Å². The van der Waals surface area contributed by atoms with Crippen LogP contribution in [0.1, 0.15) is 27.7 Å². The molecule has 2 rings (SSSR count). The quantitative estimate of drug-likeness (QED) is 0.734. The maximum absolute atomic E-state index is 12.6. The fourth-order valence-corrected chi connectivity index (χ4v) is 3.37. The van der Waals surface area contributed by atoms with Gasteiger partial charge in [-0.25, -0.2) is 9.59 Å². The van der Waals surface area contributed by atoms with E-state index in [1.165, 1.54) is 4.90 Å². The molecule has 0 aromatic carbocycles. The molecular weight excluding hydrogens is 342 g/mol. The number of ether oxygens (including phenoxy) is 2. The smallest absolute Gasteiger partial charge is 0.411 e. The predicted octanol–water partition coefficient (Wildman–Crippen LogP) is 0.214. The summed E-state index contributed by atoms with van der Waals surface area (Å²) in [6.07, 6.45) is -1.19. The van der Waals surface area contributed by atoms with Gasteiger partial charge in [-0.2, -0.15) is 0 Å². The summed E-state index contributed by atoms with van der Waals surface area (Å²) in [7, 11) is 0. The molecule has 2 saturated heterocycles. The van der Waals surface area contributed by atoms with Crippen LogP contribution >= 0.6 is 0 Å². The zero-order valence-electron chi connectivity index (χ0n) is 15.9. The Balaban J connectivity index is 2.20. The SMILES string of the molecule is CCNC(=O)N1CCO[C@@H]2[C@@H](C1)CN(C(=O)OC(C)(C)C)[C@@H]2C(=O)CO. The van der Waals surface area contributed by atoms with Crippen molar-refractivity contribution in [3.8, 4) is 0 Å². The molecule has 9 heteroatoms. The summed E-state index contributed by atoms with van der Waals surface area (Å²) in [5.74, 6) is -0.719. The number of nitrogens with zero attached hydrogens (tertiary/aromatic N) is 2. The van der Waals surface area contributed by atoms with Gasteiger partial charge < -0.3 is 24.8 Å².